The van der Waals surface area contributed by atoms with Crippen molar-refractivity contribution in [2.24, 2.45) is 0 Å². The smallest absolute Gasteiger partial charge is 0.255 e. The zero-order valence-electron chi connectivity index (χ0n) is 11.5. The van der Waals surface area contributed by atoms with E-state index in [1.165, 1.54) is 0 Å². The number of fused-ring (bicyclic) bond motifs is 1. The molecule has 0 atom stereocenters. The molecule has 0 bridgehead atoms. The maximum atomic E-state index is 12.2. The van der Waals surface area contributed by atoms with E-state index in [4.69, 9.17) is 10.3 Å². The number of hydrogen-bond acceptors (Lipinski definition) is 6. The van der Waals surface area contributed by atoms with Gasteiger partial charge in [-0.3, -0.25) is 14.6 Å². The van der Waals surface area contributed by atoms with Gasteiger partial charge >= 0.3 is 0 Å². The molecule has 0 aliphatic carbocycles. The van der Waals surface area contributed by atoms with Crippen molar-refractivity contribution in [1.29, 1.82) is 0 Å². The number of nitrogens with two attached hydrogens (primary N) is 1. The number of H-pyrrole nitrogens is 1. The third kappa shape index (κ3) is 2.64. The fourth-order valence-corrected chi connectivity index (χ4v) is 2.43. The van der Waals surface area contributed by atoms with Gasteiger partial charge in [0.2, 0.25) is 11.9 Å². The van der Waals surface area contributed by atoms with Gasteiger partial charge in [-0.2, -0.15) is 0 Å². The number of anilines is 1. The number of nitrogens with one attached hydrogen (secondary N) is 1. The lowest BCUT2D eigenvalue weighted by molar-refractivity contribution is -0.131. The highest BCUT2D eigenvalue weighted by molar-refractivity contribution is 5.78. The Morgan fingerprint density at radius 1 is 1.57 bits per heavy atom. The van der Waals surface area contributed by atoms with Crippen molar-refractivity contribution in [3.8, 4) is 0 Å². The Bertz CT molecular complexity index is 749. The van der Waals surface area contributed by atoms with Gasteiger partial charge in [-0.05, 0) is 13.3 Å². The predicted octanol–water partition coefficient (Wildman–Crippen LogP) is -0.224. The van der Waals surface area contributed by atoms with Gasteiger partial charge < -0.3 is 15.2 Å². The van der Waals surface area contributed by atoms with Crippen LogP contribution in [-0.4, -0.2) is 32.5 Å². The zero-order chi connectivity index (χ0) is 15.0. The molecule has 1 aliphatic rings. The highest BCUT2D eigenvalue weighted by Gasteiger charge is 2.24. The second-order valence-corrected chi connectivity index (χ2v) is 5.05. The molecule has 0 radical (unpaired) electrons. The highest BCUT2D eigenvalue weighted by Crippen LogP contribution is 2.15. The minimum absolute atomic E-state index is 0.0684. The van der Waals surface area contributed by atoms with Crippen LogP contribution in [0.15, 0.2) is 15.4 Å². The molecule has 110 valence electrons. The molecule has 1 amide bonds. The van der Waals surface area contributed by atoms with Crippen LogP contribution in [0, 0.1) is 6.92 Å². The molecule has 2 aromatic rings. The highest BCUT2D eigenvalue weighted by atomic mass is 16.5. The van der Waals surface area contributed by atoms with Crippen LogP contribution >= 0.6 is 0 Å². The van der Waals surface area contributed by atoms with Crippen molar-refractivity contribution >= 4 is 11.9 Å². The standard InChI is InChI=1S/C13H15N5O3/c1-7-4-8(21-17-7)5-11(19)18-3-2-9-10(6-18)15-13(14)16-12(9)20/h4H,2-3,5-6H2,1H3,(H3,14,15,16,20). The van der Waals surface area contributed by atoms with Crippen LogP contribution < -0.4 is 11.3 Å². The Balaban J connectivity index is 1.76. The monoisotopic (exact) mass is 289 g/mol. The molecule has 8 heteroatoms. The summed E-state index contributed by atoms with van der Waals surface area (Å²) in [5.41, 5.74) is 7.21. The van der Waals surface area contributed by atoms with Gasteiger partial charge in [0.05, 0.1) is 24.4 Å². The summed E-state index contributed by atoms with van der Waals surface area (Å²) in [6.07, 6.45) is 0.619. The average molecular weight is 289 g/mol. The van der Waals surface area contributed by atoms with Gasteiger partial charge in [0, 0.05) is 18.2 Å². The number of amides is 1. The van der Waals surface area contributed by atoms with Crippen LogP contribution in [0.5, 0.6) is 0 Å². The summed E-state index contributed by atoms with van der Waals surface area (Å²) in [5.74, 6) is 0.512. The van der Waals surface area contributed by atoms with E-state index in [1.54, 1.807) is 17.9 Å². The number of nitrogens with zero attached hydrogens (tertiary/aromatic N) is 3. The van der Waals surface area contributed by atoms with Gasteiger partial charge in [-0.25, -0.2) is 4.98 Å². The molecule has 0 saturated carbocycles. The Morgan fingerprint density at radius 2 is 2.38 bits per heavy atom. The minimum atomic E-state index is -0.226. The second kappa shape index (κ2) is 5.04. The number of carbonyl (C=O) groups excluding carboxylic acids is 1. The summed E-state index contributed by atoms with van der Waals surface area (Å²) in [7, 11) is 0. The number of carbonyl (C=O) groups is 1. The van der Waals surface area contributed by atoms with Crippen molar-refractivity contribution in [2.45, 2.75) is 26.3 Å². The summed E-state index contributed by atoms with van der Waals surface area (Å²) in [4.78, 5) is 32.2. The third-order valence-corrected chi connectivity index (χ3v) is 3.45. The Hall–Kier alpha value is -2.64. The second-order valence-electron chi connectivity index (χ2n) is 5.05. The van der Waals surface area contributed by atoms with E-state index in [2.05, 4.69) is 15.1 Å². The molecular weight excluding hydrogens is 274 g/mol. The molecule has 0 aromatic carbocycles. The number of rotatable bonds is 2. The van der Waals surface area contributed by atoms with E-state index in [1.807, 2.05) is 0 Å². The summed E-state index contributed by atoms with van der Waals surface area (Å²) < 4.78 is 5.05. The van der Waals surface area contributed by atoms with Crippen molar-refractivity contribution in [3.05, 3.63) is 39.1 Å². The van der Waals surface area contributed by atoms with E-state index in [9.17, 15) is 9.59 Å². The Kier molecular flexibility index (Phi) is 3.20. The molecule has 3 N–H and O–H groups in total. The third-order valence-electron chi connectivity index (χ3n) is 3.45. The van der Waals surface area contributed by atoms with Gasteiger partial charge in [0.15, 0.2) is 0 Å². The van der Waals surface area contributed by atoms with E-state index in [0.717, 1.165) is 5.69 Å². The van der Waals surface area contributed by atoms with E-state index < -0.39 is 0 Å². The Labute approximate surface area is 119 Å². The fraction of sp³-hybridized carbons (Fsp3) is 0.385. The first kappa shape index (κ1) is 13.3. The lowest BCUT2D eigenvalue weighted by atomic mass is 10.1. The van der Waals surface area contributed by atoms with E-state index in [-0.39, 0.29) is 30.4 Å². The maximum Gasteiger partial charge on any atom is 0.255 e. The van der Waals surface area contributed by atoms with Crippen molar-refractivity contribution in [3.63, 3.8) is 0 Å². The molecule has 1 aliphatic heterocycles. The topological polar surface area (TPSA) is 118 Å². The first-order valence-electron chi connectivity index (χ1n) is 6.60. The largest absolute Gasteiger partial charge is 0.369 e. The summed E-state index contributed by atoms with van der Waals surface area (Å²) >= 11 is 0. The van der Waals surface area contributed by atoms with Crippen LogP contribution in [0.1, 0.15) is 22.7 Å². The zero-order valence-corrected chi connectivity index (χ0v) is 11.5. The average Bonchev–Trinajstić information content (AvgIpc) is 2.83. The molecule has 0 spiro atoms. The number of aryl methyl sites for hydroxylation is 1. The van der Waals surface area contributed by atoms with Crippen molar-refractivity contribution < 1.29 is 9.32 Å². The first-order valence-corrected chi connectivity index (χ1v) is 6.60. The SMILES string of the molecule is Cc1cc(CC(=O)N2CCc3c(nc(N)[nH]c3=O)C2)on1. The first-order chi connectivity index (χ1) is 10.0. The van der Waals surface area contributed by atoms with Crippen LogP contribution in [-0.2, 0) is 24.2 Å². The lowest BCUT2D eigenvalue weighted by Crippen LogP contribution is -2.40. The summed E-state index contributed by atoms with van der Waals surface area (Å²) in [5, 5.41) is 3.75. The van der Waals surface area contributed by atoms with Crippen LogP contribution in [0.2, 0.25) is 0 Å². The molecule has 3 heterocycles. The van der Waals surface area contributed by atoms with Crippen molar-refractivity contribution in [2.75, 3.05) is 12.3 Å². The summed E-state index contributed by atoms with van der Waals surface area (Å²) in [6.45, 7) is 2.57. The van der Waals surface area contributed by atoms with Gasteiger partial charge in [0.25, 0.3) is 5.56 Å². The van der Waals surface area contributed by atoms with Crippen LogP contribution in [0.3, 0.4) is 0 Å². The number of nitrogen functional groups attached to an aromatic ring is 1. The van der Waals surface area contributed by atoms with Crippen molar-refractivity contribution in [1.82, 2.24) is 20.0 Å². The predicted molar refractivity (Wildman–Crippen MR) is 73.3 cm³/mol. The number of hydrogen-bond donors (Lipinski definition) is 2. The Morgan fingerprint density at radius 3 is 3.10 bits per heavy atom. The fourth-order valence-electron chi connectivity index (χ4n) is 2.43. The minimum Gasteiger partial charge on any atom is -0.369 e. The molecule has 2 aromatic heterocycles. The normalized spacial score (nSPS) is 14.0. The molecule has 0 unspecified atom stereocenters. The molecule has 8 nitrogen and oxygen atoms in total. The van der Waals surface area contributed by atoms with Gasteiger partial charge in [-0.1, -0.05) is 5.16 Å². The van der Waals surface area contributed by atoms with Crippen LogP contribution in [0.4, 0.5) is 5.95 Å². The number of aromatic amines is 1. The maximum absolute atomic E-state index is 12.2. The molecule has 21 heavy (non-hydrogen) atoms. The molecule has 3 rings (SSSR count). The van der Waals surface area contributed by atoms with E-state index >= 15 is 0 Å². The van der Waals surface area contributed by atoms with Gasteiger partial charge in [-0.15, -0.1) is 0 Å². The molecular formula is C13H15N5O3. The quantitative estimate of drug-likeness (QED) is 0.788. The molecule has 0 saturated heterocycles. The lowest BCUT2D eigenvalue weighted by Gasteiger charge is -2.27. The molecule has 0 fully saturated rings. The van der Waals surface area contributed by atoms with E-state index in [0.29, 0.717) is 30.0 Å². The van der Waals surface area contributed by atoms with Crippen LogP contribution in [0.25, 0.3) is 0 Å². The van der Waals surface area contributed by atoms with Gasteiger partial charge in [0.1, 0.15) is 5.76 Å². The number of aromatic nitrogens is 3. The summed E-state index contributed by atoms with van der Waals surface area (Å²) in [6, 6.07) is 1.73.